The summed E-state index contributed by atoms with van der Waals surface area (Å²) in [6.45, 7) is 2.16. The van der Waals surface area contributed by atoms with Gasteiger partial charge in [0.05, 0.1) is 17.9 Å². The lowest BCUT2D eigenvalue weighted by atomic mass is 10.2. The Balaban J connectivity index is 0.00000169. The highest BCUT2D eigenvalue weighted by Crippen LogP contribution is 2.10. The molecule has 0 aliphatic rings. The summed E-state index contributed by atoms with van der Waals surface area (Å²) in [7, 11) is 0. The smallest absolute Gasteiger partial charge is 0.340 e. The Bertz CT molecular complexity index is 305. The summed E-state index contributed by atoms with van der Waals surface area (Å²) < 4.78 is 4.87. The largest absolute Gasteiger partial charge is 0.462 e. The van der Waals surface area contributed by atoms with Crippen LogP contribution < -0.4 is 0 Å². The van der Waals surface area contributed by atoms with E-state index in [4.69, 9.17) is 4.74 Å². The van der Waals surface area contributed by atoms with Crippen LogP contribution in [0.5, 0.6) is 0 Å². The Kier molecular flexibility index (Phi) is 6.74. The molecule has 3 nitrogen and oxygen atoms in total. The molecule has 0 atom stereocenters. The zero-order chi connectivity index (χ0) is 9.68. The number of carbonyl (C=O) groups excluding carboxylic acids is 1. The van der Waals surface area contributed by atoms with Gasteiger partial charge in [0.2, 0.25) is 0 Å². The van der Waals surface area contributed by atoms with Crippen LogP contribution in [0, 0.1) is 0 Å². The number of pyridine rings is 1. The highest BCUT2D eigenvalue weighted by atomic mass is 79.9. The number of esters is 1. The first kappa shape index (κ1) is 13.6. The molecule has 0 aromatic carbocycles. The molecule has 1 aromatic rings. The van der Waals surface area contributed by atoms with Crippen LogP contribution in [0.25, 0.3) is 0 Å². The monoisotopic (exact) mass is 323 g/mol. The van der Waals surface area contributed by atoms with Gasteiger partial charge in [0.15, 0.2) is 0 Å². The maximum Gasteiger partial charge on any atom is 0.340 e. The summed E-state index contributed by atoms with van der Waals surface area (Å²) in [4.78, 5) is 15.4. The van der Waals surface area contributed by atoms with Crippen LogP contribution >= 0.6 is 32.9 Å². The molecular formula is C9H11Br2NO2. The second kappa shape index (κ2) is 6.95. The van der Waals surface area contributed by atoms with Crippen molar-refractivity contribution in [3.63, 3.8) is 0 Å². The van der Waals surface area contributed by atoms with Crippen molar-refractivity contribution in [2.24, 2.45) is 0 Å². The Morgan fingerprint density at radius 2 is 2.36 bits per heavy atom. The minimum Gasteiger partial charge on any atom is -0.462 e. The quantitative estimate of drug-likeness (QED) is 0.634. The van der Waals surface area contributed by atoms with E-state index in [0.717, 1.165) is 0 Å². The molecule has 0 amide bonds. The topological polar surface area (TPSA) is 39.2 Å². The summed E-state index contributed by atoms with van der Waals surface area (Å²) in [6.07, 6.45) is 1.65. The SMILES string of the molecule is Br.CCOC(=O)c1cccnc1CBr. The van der Waals surface area contributed by atoms with E-state index >= 15 is 0 Å². The van der Waals surface area contributed by atoms with E-state index in [1.54, 1.807) is 25.3 Å². The van der Waals surface area contributed by atoms with Gasteiger partial charge >= 0.3 is 5.97 Å². The fourth-order valence-corrected chi connectivity index (χ4v) is 1.39. The fraction of sp³-hybridized carbons (Fsp3) is 0.333. The van der Waals surface area contributed by atoms with E-state index in [1.165, 1.54) is 0 Å². The van der Waals surface area contributed by atoms with E-state index in [2.05, 4.69) is 20.9 Å². The van der Waals surface area contributed by atoms with Gasteiger partial charge in [-0.05, 0) is 19.1 Å². The third-order valence-corrected chi connectivity index (χ3v) is 2.04. The number of halogens is 2. The first-order valence-corrected chi connectivity index (χ1v) is 5.08. The van der Waals surface area contributed by atoms with Crippen LogP contribution in [0.4, 0.5) is 0 Å². The molecule has 1 heterocycles. The van der Waals surface area contributed by atoms with Gasteiger partial charge < -0.3 is 4.74 Å². The lowest BCUT2D eigenvalue weighted by molar-refractivity contribution is 0.0525. The van der Waals surface area contributed by atoms with Crippen molar-refractivity contribution >= 4 is 38.9 Å². The van der Waals surface area contributed by atoms with Gasteiger partial charge in [-0.1, -0.05) is 15.9 Å². The van der Waals surface area contributed by atoms with Crippen molar-refractivity contribution in [1.82, 2.24) is 4.98 Å². The summed E-state index contributed by atoms with van der Waals surface area (Å²) in [6, 6.07) is 3.43. The molecule has 78 valence electrons. The van der Waals surface area contributed by atoms with Crippen LogP contribution in [-0.4, -0.2) is 17.6 Å². The first-order valence-electron chi connectivity index (χ1n) is 3.96. The third kappa shape index (κ3) is 3.38. The van der Waals surface area contributed by atoms with Gasteiger partial charge in [0.1, 0.15) is 0 Å². The number of hydrogen-bond acceptors (Lipinski definition) is 3. The molecule has 1 aromatic heterocycles. The van der Waals surface area contributed by atoms with Crippen molar-refractivity contribution in [1.29, 1.82) is 0 Å². The van der Waals surface area contributed by atoms with Crippen LogP contribution in [0.1, 0.15) is 23.0 Å². The van der Waals surface area contributed by atoms with Crippen LogP contribution in [0.2, 0.25) is 0 Å². The first-order chi connectivity index (χ1) is 6.29. The molecular weight excluding hydrogens is 314 g/mol. The maximum atomic E-state index is 11.3. The number of nitrogens with zero attached hydrogens (tertiary/aromatic N) is 1. The van der Waals surface area contributed by atoms with Gasteiger partial charge in [-0.3, -0.25) is 4.98 Å². The molecule has 1 rings (SSSR count). The molecule has 0 bridgehead atoms. The molecule has 0 saturated heterocycles. The third-order valence-electron chi connectivity index (χ3n) is 1.51. The fourth-order valence-electron chi connectivity index (χ4n) is 0.939. The van der Waals surface area contributed by atoms with Crippen molar-refractivity contribution in [3.05, 3.63) is 29.6 Å². The molecule has 5 heteroatoms. The number of hydrogen-bond donors (Lipinski definition) is 0. The highest BCUT2D eigenvalue weighted by molar-refractivity contribution is 9.08. The van der Waals surface area contributed by atoms with Crippen molar-refractivity contribution in [3.8, 4) is 0 Å². The van der Waals surface area contributed by atoms with Crippen LogP contribution in [0.15, 0.2) is 18.3 Å². The second-order valence-electron chi connectivity index (χ2n) is 2.35. The van der Waals surface area contributed by atoms with Gasteiger partial charge in [-0.25, -0.2) is 4.79 Å². The van der Waals surface area contributed by atoms with E-state index in [-0.39, 0.29) is 23.0 Å². The van der Waals surface area contributed by atoms with E-state index in [1.807, 2.05) is 0 Å². The normalized spacial score (nSPS) is 9.00. The Morgan fingerprint density at radius 1 is 1.64 bits per heavy atom. The van der Waals surface area contributed by atoms with Crippen LogP contribution in [-0.2, 0) is 10.1 Å². The summed E-state index contributed by atoms with van der Waals surface area (Å²) in [5.41, 5.74) is 1.24. The Morgan fingerprint density at radius 3 is 2.93 bits per heavy atom. The van der Waals surface area contributed by atoms with Gasteiger partial charge in [0.25, 0.3) is 0 Å². The molecule has 0 spiro atoms. The molecule has 0 N–H and O–H groups in total. The number of aromatic nitrogens is 1. The maximum absolute atomic E-state index is 11.3. The second-order valence-corrected chi connectivity index (χ2v) is 2.91. The highest BCUT2D eigenvalue weighted by Gasteiger charge is 2.11. The molecule has 0 aliphatic carbocycles. The van der Waals surface area contributed by atoms with E-state index in [9.17, 15) is 4.79 Å². The molecule has 0 unspecified atom stereocenters. The Labute approximate surface area is 102 Å². The van der Waals surface area contributed by atoms with Crippen LogP contribution in [0.3, 0.4) is 0 Å². The number of rotatable bonds is 3. The summed E-state index contributed by atoms with van der Waals surface area (Å²) >= 11 is 3.26. The average Bonchev–Trinajstić information content (AvgIpc) is 2.18. The Hall–Kier alpha value is -0.420. The molecule has 0 aliphatic heterocycles. The van der Waals surface area contributed by atoms with Crippen molar-refractivity contribution in [2.75, 3.05) is 6.61 Å². The summed E-state index contributed by atoms with van der Waals surface area (Å²) in [5.74, 6) is -0.315. The van der Waals surface area contributed by atoms with Gasteiger partial charge in [-0.2, -0.15) is 0 Å². The van der Waals surface area contributed by atoms with E-state index in [0.29, 0.717) is 23.2 Å². The van der Waals surface area contributed by atoms with Crippen molar-refractivity contribution in [2.45, 2.75) is 12.3 Å². The standard InChI is InChI=1S/C9H10BrNO2.BrH/c1-2-13-9(12)7-4-3-5-11-8(7)6-10;/h3-5H,2,6H2,1H3;1H. The lowest BCUT2D eigenvalue weighted by Gasteiger charge is -2.04. The molecule has 14 heavy (non-hydrogen) atoms. The van der Waals surface area contributed by atoms with E-state index < -0.39 is 0 Å². The van der Waals surface area contributed by atoms with Crippen molar-refractivity contribution < 1.29 is 9.53 Å². The predicted octanol–water partition coefficient (Wildman–Crippen LogP) is 2.73. The minimum atomic E-state index is -0.315. The van der Waals surface area contributed by atoms with Gasteiger partial charge in [0, 0.05) is 11.5 Å². The van der Waals surface area contributed by atoms with Gasteiger partial charge in [-0.15, -0.1) is 17.0 Å². The lowest BCUT2D eigenvalue weighted by Crippen LogP contribution is -2.08. The molecule has 0 fully saturated rings. The summed E-state index contributed by atoms with van der Waals surface area (Å²) in [5, 5.41) is 0.558. The zero-order valence-corrected chi connectivity index (χ0v) is 11.0. The number of ether oxygens (including phenoxy) is 1. The average molecular weight is 325 g/mol. The predicted molar refractivity (Wildman–Crippen MR) is 63.1 cm³/mol. The molecule has 0 saturated carbocycles. The number of alkyl halides is 1. The zero-order valence-electron chi connectivity index (χ0n) is 7.70. The minimum absolute atomic E-state index is 0. The number of carbonyl (C=O) groups is 1. The molecule has 0 radical (unpaired) electrons.